The fourth-order valence-electron chi connectivity index (χ4n) is 3.06. The van der Waals surface area contributed by atoms with Gasteiger partial charge in [0.25, 0.3) is 11.8 Å². The average molecular weight is 455 g/mol. The molecule has 0 saturated carbocycles. The van der Waals surface area contributed by atoms with E-state index in [-0.39, 0.29) is 27.9 Å². The fourth-order valence-corrected chi connectivity index (χ4v) is 3.96. The highest BCUT2D eigenvalue weighted by Gasteiger charge is 2.36. The monoisotopic (exact) mass is 455 g/mol. The van der Waals surface area contributed by atoms with E-state index in [1.165, 1.54) is 50.5 Å². The summed E-state index contributed by atoms with van der Waals surface area (Å²) < 4.78 is 30.8. The highest BCUT2D eigenvalue weighted by atomic mass is 32.2. The van der Waals surface area contributed by atoms with Gasteiger partial charge in [0.15, 0.2) is 0 Å². The quantitative estimate of drug-likeness (QED) is 0.547. The summed E-state index contributed by atoms with van der Waals surface area (Å²) in [5.41, 5.74) is 0.922. The van der Waals surface area contributed by atoms with Crippen molar-refractivity contribution in [2.45, 2.75) is 4.90 Å². The van der Waals surface area contributed by atoms with Crippen LogP contribution in [0.5, 0.6) is 0 Å². The Morgan fingerprint density at radius 1 is 1.00 bits per heavy atom. The van der Waals surface area contributed by atoms with Gasteiger partial charge in [-0.15, -0.1) is 5.10 Å². The molecule has 1 aromatic heterocycles. The van der Waals surface area contributed by atoms with Crippen LogP contribution in [0.3, 0.4) is 0 Å². The lowest BCUT2D eigenvalue weighted by molar-refractivity contribution is -0.116. The molecule has 32 heavy (non-hydrogen) atoms. The normalized spacial score (nSPS) is 13.5. The Labute approximate surface area is 182 Å². The molecule has 1 aliphatic rings. The first-order valence-electron chi connectivity index (χ1n) is 9.30. The number of hydrogen-bond acceptors (Lipinski definition) is 8. The van der Waals surface area contributed by atoms with E-state index in [9.17, 15) is 22.8 Å². The van der Waals surface area contributed by atoms with Gasteiger partial charge in [0.1, 0.15) is 6.54 Å². The van der Waals surface area contributed by atoms with Crippen LogP contribution < -0.4 is 5.32 Å². The van der Waals surface area contributed by atoms with E-state index >= 15 is 0 Å². The van der Waals surface area contributed by atoms with Crippen molar-refractivity contribution in [3.63, 3.8) is 0 Å². The number of hydrogen-bond donors (Lipinski definition) is 1. The van der Waals surface area contributed by atoms with Crippen LogP contribution in [0.2, 0.25) is 0 Å². The Morgan fingerprint density at radius 2 is 1.59 bits per heavy atom. The molecule has 11 nitrogen and oxygen atoms in total. The number of rotatable bonds is 6. The van der Waals surface area contributed by atoms with Crippen LogP contribution in [0.15, 0.2) is 57.8 Å². The van der Waals surface area contributed by atoms with Crippen molar-refractivity contribution in [3.05, 3.63) is 59.7 Å². The highest BCUT2D eigenvalue weighted by molar-refractivity contribution is 7.89. The van der Waals surface area contributed by atoms with Gasteiger partial charge in [0.05, 0.1) is 16.0 Å². The Kier molecular flexibility index (Phi) is 5.32. The van der Waals surface area contributed by atoms with Crippen molar-refractivity contribution in [3.8, 4) is 11.5 Å². The number of carbonyl (C=O) groups is 3. The molecule has 0 radical (unpaired) electrons. The van der Waals surface area contributed by atoms with Gasteiger partial charge in [-0.1, -0.05) is 17.2 Å². The second-order valence-corrected chi connectivity index (χ2v) is 9.17. The second kappa shape index (κ2) is 7.98. The summed E-state index contributed by atoms with van der Waals surface area (Å²) in [4.78, 5) is 38.0. The van der Waals surface area contributed by atoms with Crippen molar-refractivity contribution < 1.29 is 27.2 Å². The zero-order chi connectivity index (χ0) is 23.0. The molecule has 164 valence electrons. The maximum atomic E-state index is 12.4. The Morgan fingerprint density at radius 3 is 2.16 bits per heavy atom. The standard InChI is InChI=1S/C20H17N5O6S/c1-24(2)32(29,30)13-9-7-12(8-10-13)17-22-23-20(31-17)21-16(26)11-25-18(27)14-5-3-4-6-15(14)19(25)28/h3-10H,11H2,1-2H3,(H,21,23,26). The molecule has 1 aliphatic heterocycles. The second-order valence-electron chi connectivity index (χ2n) is 7.01. The molecule has 0 spiro atoms. The first kappa shape index (κ1) is 21.3. The molecule has 2 aromatic carbocycles. The molecule has 0 fully saturated rings. The van der Waals surface area contributed by atoms with Crippen molar-refractivity contribution in [1.29, 1.82) is 0 Å². The topological polar surface area (TPSA) is 143 Å². The van der Waals surface area contributed by atoms with Crippen LogP contribution in [0.1, 0.15) is 20.7 Å². The molecule has 0 atom stereocenters. The molecule has 2 heterocycles. The Hall–Kier alpha value is -3.90. The molecule has 3 amide bonds. The fraction of sp³-hybridized carbons (Fsp3) is 0.150. The number of nitrogens with one attached hydrogen (secondary N) is 1. The van der Waals surface area contributed by atoms with Crippen LogP contribution in [-0.4, -0.2) is 66.2 Å². The smallest absolute Gasteiger partial charge is 0.322 e. The summed E-state index contributed by atoms with van der Waals surface area (Å²) in [6.07, 6.45) is 0. The first-order valence-corrected chi connectivity index (χ1v) is 10.7. The summed E-state index contributed by atoms with van der Waals surface area (Å²) in [7, 11) is -0.719. The lowest BCUT2D eigenvalue weighted by atomic mass is 10.1. The zero-order valence-electron chi connectivity index (χ0n) is 17.0. The third-order valence-electron chi connectivity index (χ3n) is 4.73. The summed E-state index contributed by atoms with van der Waals surface area (Å²) in [6, 6.07) is 11.9. The van der Waals surface area contributed by atoms with E-state index in [1.54, 1.807) is 12.1 Å². The lowest BCUT2D eigenvalue weighted by Gasteiger charge is -2.12. The van der Waals surface area contributed by atoms with Gasteiger partial charge in [0, 0.05) is 19.7 Å². The van der Waals surface area contributed by atoms with Crippen molar-refractivity contribution in [1.82, 2.24) is 19.4 Å². The van der Waals surface area contributed by atoms with Gasteiger partial charge in [-0.2, -0.15) is 0 Å². The van der Waals surface area contributed by atoms with Gasteiger partial charge in [-0.3, -0.25) is 24.6 Å². The number of fused-ring (bicyclic) bond motifs is 1. The largest absolute Gasteiger partial charge is 0.403 e. The molecule has 4 rings (SSSR count). The molecule has 0 unspecified atom stereocenters. The number of sulfonamides is 1. The van der Waals surface area contributed by atoms with Crippen molar-refractivity contribution in [2.75, 3.05) is 26.0 Å². The number of imide groups is 1. The average Bonchev–Trinajstić information content (AvgIpc) is 3.33. The van der Waals surface area contributed by atoms with Gasteiger partial charge < -0.3 is 4.42 Å². The van der Waals surface area contributed by atoms with E-state index in [2.05, 4.69) is 15.5 Å². The third kappa shape index (κ3) is 3.76. The third-order valence-corrected chi connectivity index (χ3v) is 6.56. The first-order chi connectivity index (χ1) is 15.2. The van der Waals surface area contributed by atoms with Gasteiger partial charge >= 0.3 is 6.01 Å². The minimum absolute atomic E-state index is 0.0508. The zero-order valence-corrected chi connectivity index (χ0v) is 17.8. The van der Waals surface area contributed by atoms with Gasteiger partial charge in [0.2, 0.25) is 21.8 Å². The van der Waals surface area contributed by atoms with E-state index < -0.39 is 34.3 Å². The molecular formula is C20H17N5O6S. The van der Waals surface area contributed by atoms with Crippen LogP contribution in [0.4, 0.5) is 6.01 Å². The molecule has 3 aromatic rings. The van der Waals surface area contributed by atoms with Crippen LogP contribution >= 0.6 is 0 Å². The van der Waals surface area contributed by atoms with Crippen LogP contribution in [0.25, 0.3) is 11.5 Å². The van der Waals surface area contributed by atoms with E-state index in [1.807, 2.05) is 0 Å². The van der Waals surface area contributed by atoms with Crippen molar-refractivity contribution in [2.24, 2.45) is 0 Å². The number of benzene rings is 2. The molecule has 12 heteroatoms. The molecular weight excluding hydrogens is 438 g/mol. The SMILES string of the molecule is CN(C)S(=O)(=O)c1ccc(-c2nnc(NC(=O)CN3C(=O)c4ccccc4C3=O)o2)cc1. The predicted molar refractivity (Wildman–Crippen MR) is 111 cm³/mol. The summed E-state index contributed by atoms with van der Waals surface area (Å²) in [5, 5.41) is 9.89. The maximum absolute atomic E-state index is 12.4. The Bertz CT molecular complexity index is 1300. The molecule has 1 N–H and O–H groups in total. The number of amides is 3. The number of anilines is 1. The molecule has 0 aliphatic carbocycles. The summed E-state index contributed by atoms with van der Waals surface area (Å²) >= 11 is 0. The maximum Gasteiger partial charge on any atom is 0.322 e. The van der Waals surface area contributed by atoms with Crippen LogP contribution in [0, 0.1) is 0 Å². The van der Waals surface area contributed by atoms with E-state index in [4.69, 9.17) is 4.42 Å². The van der Waals surface area contributed by atoms with Gasteiger partial charge in [-0.05, 0) is 36.4 Å². The van der Waals surface area contributed by atoms with E-state index in [0.29, 0.717) is 5.56 Å². The summed E-state index contributed by atoms with van der Waals surface area (Å²) in [6.45, 7) is -0.513. The number of carbonyl (C=O) groups excluding carboxylic acids is 3. The molecule has 0 saturated heterocycles. The number of nitrogens with zero attached hydrogens (tertiary/aromatic N) is 4. The van der Waals surface area contributed by atoms with Crippen LogP contribution in [-0.2, 0) is 14.8 Å². The van der Waals surface area contributed by atoms with Crippen molar-refractivity contribution >= 4 is 33.8 Å². The minimum atomic E-state index is -3.58. The van der Waals surface area contributed by atoms with E-state index in [0.717, 1.165) is 9.21 Å². The van der Waals surface area contributed by atoms with Gasteiger partial charge in [-0.25, -0.2) is 12.7 Å². The molecule has 0 bridgehead atoms. The summed E-state index contributed by atoms with van der Waals surface area (Å²) in [5.74, 6) is -1.75. The number of aromatic nitrogens is 2. The minimum Gasteiger partial charge on any atom is -0.403 e. The highest BCUT2D eigenvalue weighted by Crippen LogP contribution is 2.24. The predicted octanol–water partition coefficient (Wildman–Crippen LogP) is 1.22. The Balaban J connectivity index is 1.43. The lowest BCUT2D eigenvalue weighted by Crippen LogP contribution is -2.37.